The summed E-state index contributed by atoms with van der Waals surface area (Å²) in [5.74, 6) is -0.963. The molecule has 124 valence electrons. The molecule has 0 bridgehead atoms. The van der Waals surface area contributed by atoms with E-state index in [0.717, 1.165) is 25.9 Å². The topological polar surface area (TPSA) is 82.5 Å². The van der Waals surface area contributed by atoms with Gasteiger partial charge in [-0.15, -0.1) is 0 Å². The van der Waals surface area contributed by atoms with Crippen LogP contribution in [0.5, 0.6) is 0 Å². The minimum absolute atomic E-state index is 0.0887. The number of nitrogens with one attached hydrogen (secondary N) is 1. The fourth-order valence-electron chi connectivity index (χ4n) is 2.67. The molecule has 0 unspecified atom stereocenters. The Hall–Kier alpha value is -2.60. The van der Waals surface area contributed by atoms with Gasteiger partial charge in [-0.2, -0.15) is 0 Å². The number of rotatable bonds is 4. The molecule has 3 rings (SSSR count). The SMILES string of the molecule is O=C(Nc1cnc(N2CCCC2)c(C(=O)O)c1)c1ccc(Cl)cc1. The Bertz CT molecular complexity index is 771. The molecule has 1 aromatic heterocycles. The van der Waals surface area contributed by atoms with E-state index in [9.17, 15) is 14.7 Å². The van der Waals surface area contributed by atoms with Crippen LogP contribution in [0.15, 0.2) is 36.5 Å². The lowest BCUT2D eigenvalue weighted by Gasteiger charge is -2.19. The fraction of sp³-hybridized carbons (Fsp3) is 0.235. The monoisotopic (exact) mass is 345 g/mol. The van der Waals surface area contributed by atoms with Gasteiger partial charge in [-0.25, -0.2) is 9.78 Å². The zero-order valence-electron chi connectivity index (χ0n) is 12.8. The maximum absolute atomic E-state index is 12.2. The predicted molar refractivity (Wildman–Crippen MR) is 92.0 cm³/mol. The average Bonchev–Trinajstić information content (AvgIpc) is 3.09. The maximum atomic E-state index is 12.2. The molecular formula is C17H16ClN3O3. The number of hydrogen-bond donors (Lipinski definition) is 2. The van der Waals surface area contributed by atoms with Crippen molar-refractivity contribution in [1.82, 2.24) is 4.98 Å². The summed E-state index contributed by atoms with van der Waals surface area (Å²) in [6, 6.07) is 7.88. The van der Waals surface area contributed by atoms with Gasteiger partial charge in [-0.3, -0.25) is 4.79 Å². The number of amides is 1. The summed E-state index contributed by atoms with van der Waals surface area (Å²) in [7, 11) is 0. The number of halogens is 1. The Balaban J connectivity index is 1.83. The van der Waals surface area contributed by atoms with E-state index in [1.807, 2.05) is 4.90 Å². The van der Waals surface area contributed by atoms with Gasteiger partial charge in [-0.1, -0.05) is 11.6 Å². The lowest BCUT2D eigenvalue weighted by molar-refractivity contribution is 0.0697. The molecule has 1 aromatic carbocycles. The highest BCUT2D eigenvalue weighted by Crippen LogP contribution is 2.25. The van der Waals surface area contributed by atoms with E-state index in [1.165, 1.54) is 12.3 Å². The van der Waals surface area contributed by atoms with Crippen molar-refractivity contribution < 1.29 is 14.7 Å². The molecule has 1 aliphatic rings. The highest BCUT2D eigenvalue weighted by atomic mass is 35.5. The van der Waals surface area contributed by atoms with Crippen LogP contribution in [0.4, 0.5) is 11.5 Å². The number of aromatic carboxylic acids is 1. The molecule has 0 radical (unpaired) electrons. The number of carbonyl (C=O) groups excluding carboxylic acids is 1. The van der Waals surface area contributed by atoms with Gasteiger partial charge in [0.05, 0.1) is 11.9 Å². The summed E-state index contributed by atoms with van der Waals surface area (Å²) in [5.41, 5.74) is 0.862. The van der Waals surface area contributed by atoms with Gasteiger partial charge in [0.1, 0.15) is 11.4 Å². The third kappa shape index (κ3) is 3.49. The predicted octanol–water partition coefficient (Wildman–Crippen LogP) is 3.29. The second-order valence-corrected chi connectivity index (χ2v) is 5.99. The third-order valence-corrected chi connectivity index (χ3v) is 4.12. The van der Waals surface area contributed by atoms with Crippen LogP contribution in [-0.4, -0.2) is 35.1 Å². The van der Waals surface area contributed by atoms with E-state index < -0.39 is 5.97 Å². The molecule has 2 aromatic rings. The maximum Gasteiger partial charge on any atom is 0.339 e. The summed E-state index contributed by atoms with van der Waals surface area (Å²) in [6.45, 7) is 1.59. The van der Waals surface area contributed by atoms with Gasteiger partial charge in [0, 0.05) is 23.7 Å². The van der Waals surface area contributed by atoms with Gasteiger partial charge in [-0.05, 0) is 43.2 Å². The van der Waals surface area contributed by atoms with E-state index in [-0.39, 0.29) is 11.5 Å². The molecule has 24 heavy (non-hydrogen) atoms. The van der Waals surface area contributed by atoms with Crippen LogP contribution in [-0.2, 0) is 0 Å². The molecule has 0 aliphatic carbocycles. The van der Waals surface area contributed by atoms with Crippen molar-refractivity contribution >= 4 is 35.0 Å². The molecule has 7 heteroatoms. The molecule has 0 spiro atoms. The summed E-state index contributed by atoms with van der Waals surface area (Å²) in [5, 5.41) is 12.6. The van der Waals surface area contributed by atoms with Crippen molar-refractivity contribution in [3.05, 3.63) is 52.7 Å². The number of benzene rings is 1. The Kier molecular flexibility index (Phi) is 4.66. The second-order valence-electron chi connectivity index (χ2n) is 5.56. The van der Waals surface area contributed by atoms with Gasteiger partial charge >= 0.3 is 5.97 Å². The van der Waals surface area contributed by atoms with Crippen LogP contribution in [0.25, 0.3) is 0 Å². The van der Waals surface area contributed by atoms with Gasteiger partial charge in [0.2, 0.25) is 0 Å². The fourth-order valence-corrected chi connectivity index (χ4v) is 2.79. The number of anilines is 2. The molecule has 1 fully saturated rings. The third-order valence-electron chi connectivity index (χ3n) is 3.87. The Labute approximate surface area is 144 Å². The van der Waals surface area contributed by atoms with Crippen molar-refractivity contribution in [2.24, 2.45) is 0 Å². The van der Waals surface area contributed by atoms with Crippen molar-refractivity contribution in [2.75, 3.05) is 23.3 Å². The van der Waals surface area contributed by atoms with Crippen LogP contribution in [0.1, 0.15) is 33.6 Å². The lowest BCUT2D eigenvalue weighted by Crippen LogP contribution is -2.22. The number of carbonyl (C=O) groups is 2. The van der Waals surface area contributed by atoms with Crippen molar-refractivity contribution in [3.63, 3.8) is 0 Å². The minimum atomic E-state index is -1.06. The number of nitrogens with zero attached hydrogens (tertiary/aromatic N) is 2. The highest BCUT2D eigenvalue weighted by molar-refractivity contribution is 6.30. The quantitative estimate of drug-likeness (QED) is 0.888. The number of aromatic nitrogens is 1. The zero-order chi connectivity index (χ0) is 17.1. The Morgan fingerprint density at radius 3 is 2.46 bits per heavy atom. The van der Waals surface area contributed by atoms with Crippen LogP contribution >= 0.6 is 11.6 Å². The molecule has 1 aliphatic heterocycles. The Morgan fingerprint density at radius 1 is 1.17 bits per heavy atom. The van der Waals surface area contributed by atoms with E-state index in [1.54, 1.807) is 24.3 Å². The first-order chi connectivity index (χ1) is 11.5. The van der Waals surface area contributed by atoms with Crippen LogP contribution in [0.2, 0.25) is 5.02 Å². The zero-order valence-corrected chi connectivity index (χ0v) is 13.6. The first-order valence-electron chi connectivity index (χ1n) is 7.60. The summed E-state index contributed by atoms with van der Waals surface area (Å²) < 4.78 is 0. The lowest BCUT2D eigenvalue weighted by atomic mass is 10.2. The largest absolute Gasteiger partial charge is 0.478 e. The number of carboxylic acids is 1. The standard InChI is InChI=1S/C17H16ClN3O3/c18-12-5-3-11(4-6-12)16(22)20-13-9-14(17(23)24)15(19-10-13)21-7-1-2-8-21/h3-6,9-10H,1-2,7-8H2,(H,20,22)(H,23,24). The van der Waals surface area contributed by atoms with E-state index in [2.05, 4.69) is 10.3 Å². The number of hydrogen-bond acceptors (Lipinski definition) is 4. The Morgan fingerprint density at radius 2 is 1.83 bits per heavy atom. The number of carboxylic acid groups (broad SMARTS) is 1. The molecular weight excluding hydrogens is 330 g/mol. The summed E-state index contributed by atoms with van der Waals surface area (Å²) in [6.07, 6.45) is 3.53. The van der Waals surface area contributed by atoms with E-state index in [4.69, 9.17) is 11.6 Å². The van der Waals surface area contributed by atoms with Gasteiger partial charge in [0.25, 0.3) is 5.91 Å². The van der Waals surface area contributed by atoms with Crippen LogP contribution < -0.4 is 10.2 Å². The van der Waals surface area contributed by atoms with Crippen molar-refractivity contribution in [2.45, 2.75) is 12.8 Å². The van der Waals surface area contributed by atoms with Crippen molar-refractivity contribution in [3.8, 4) is 0 Å². The molecule has 2 N–H and O–H groups in total. The first-order valence-corrected chi connectivity index (χ1v) is 7.97. The second kappa shape index (κ2) is 6.88. The van der Waals surface area contributed by atoms with Gasteiger partial charge in [0.15, 0.2) is 0 Å². The molecule has 1 amide bonds. The van der Waals surface area contributed by atoms with Crippen LogP contribution in [0.3, 0.4) is 0 Å². The summed E-state index contributed by atoms with van der Waals surface area (Å²) >= 11 is 5.80. The van der Waals surface area contributed by atoms with E-state index in [0.29, 0.717) is 22.1 Å². The average molecular weight is 346 g/mol. The first kappa shape index (κ1) is 16.3. The smallest absolute Gasteiger partial charge is 0.339 e. The molecule has 0 saturated carbocycles. The van der Waals surface area contributed by atoms with Gasteiger partial charge < -0.3 is 15.3 Å². The summed E-state index contributed by atoms with van der Waals surface area (Å²) in [4.78, 5) is 29.9. The van der Waals surface area contributed by atoms with Crippen LogP contribution in [0, 0.1) is 0 Å². The number of pyridine rings is 1. The normalized spacial score (nSPS) is 13.8. The highest BCUT2D eigenvalue weighted by Gasteiger charge is 2.21. The molecule has 0 atom stereocenters. The molecule has 6 nitrogen and oxygen atoms in total. The minimum Gasteiger partial charge on any atom is -0.478 e. The van der Waals surface area contributed by atoms with Crippen molar-refractivity contribution in [1.29, 1.82) is 0 Å². The van der Waals surface area contributed by atoms with E-state index >= 15 is 0 Å². The molecule has 1 saturated heterocycles. The molecule has 2 heterocycles.